The van der Waals surface area contributed by atoms with Crippen LogP contribution in [0.2, 0.25) is 0 Å². The Morgan fingerprint density at radius 1 is 1.19 bits per heavy atom. The molecule has 3 N–H and O–H groups in total. The fourth-order valence-electron chi connectivity index (χ4n) is 2.52. The molecule has 0 saturated heterocycles. The first kappa shape index (κ1) is 13.8. The van der Waals surface area contributed by atoms with Gasteiger partial charge in [0.25, 0.3) is 0 Å². The highest BCUT2D eigenvalue weighted by molar-refractivity contribution is 5.94. The Labute approximate surface area is 123 Å². The summed E-state index contributed by atoms with van der Waals surface area (Å²) in [6, 6.07) is 12.7. The quantitative estimate of drug-likeness (QED) is 0.768. The van der Waals surface area contributed by atoms with Crippen molar-refractivity contribution in [3.8, 4) is 11.3 Å². The summed E-state index contributed by atoms with van der Waals surface area (Å²) in [5, 5.41) is 8.57. The Hall–Kier alpha value is -2.20. The number of rotatable bonds is 4. The first-order valence-electron chi connectivity index (χ1n) is 7.12. The van der Waals surface area contributed by atoms with Crippen molar-refractivity contribution in [1.29, 1.82) is 0 Å². The molecule has 0 aliphatic heterocycles. The molecule has 0 radical (unpaired) electrons. The van der Waals surface area contributed by atoms with E-state index in [2.05, 4.69) is 16.3 Å². The van der Waals surface area contributed by atoms with Crippen LogP contribution in [0.15, 0.2) is 42.5 Å². The second-order valence-electron chi connectivity index (χ2n) is 5.43. The van der Waals surface area contributed by atoms with Gasteiger partial charge in [-0.05, 0) is 49.6 Å². The van der Waals surface area contributed by atoms with E-state index in [1.807, 2.05) is 19.1 Å². The highest BCUT2D eigenvalue weighted by Gasteiger charge is 2.11. The maximum Gasteiger partial charge on any atom is 0.123 e. The van der Waals surface area contributed by atoms with Gasteiger partial charge in [0, 0.05) is 17.0 Å². The van der Waals surface area contributed by atoms with Crippen LogP contribution in [0, 0.1) is 5.82 Å². The van der Waals surface area contributed by atoms with Crippen molar-refractivity contribution >= 4 is 10.9 Å². The van der Waals surface area contributed by atoms with Gasteiger partial charge in [0.2, 0.25) is 0 Å². The van der Waals surface area contributed by atoms with Gasteiger partial charge in [-0.1, -0.05) is 18.2 Å². The number of H-pyrrole nitrogens is 1. The van der Waals surface area contributed by atoms with Crippen molar-refractivity contribution in [3.05, 3.63) is 53.8 Å². The van der Waals surface area contributed by atoms with Crippen molar-refractivity contribution in [2.24, 2.45) is 5.73 Å². The minimum atomic E-state index is -0.240. The predicted molar refractivity (Wildman–Crippen MR) is 83.5 cm³/mol. The lowest BCUT2D eigenvalue weighted by Gasteiger charge is -2.06. The number of para-hydroxylation sites is 1. The Morgan fingerprint density at radius 2 is 1.95 bits per heavy atom. The first-order valence-corrected chi connectivity index (χ1v) is 7.12. The number of hydrogen-bond donors (Lipinski definition) is 2. The van der Waals surface area contributed by atoms with Crippen LogP contribution >= 0.6 is 0 Å². The molecule has 0 saturated carbocycles. The van der Waals surface area contributed by atoms with E-state index in [0.717, 1.165) is 35.0 Å². The van der Waals surface area contributed by atoms with Crippen LogP contribution in [0.3, 0.4) is 0 Å². The fraction of sp³-hybridized carbons (Fsp3) is 0.235. The molecular formula is C17H18FN3. The summed E-state index contributed by atoms with van der Waals surface area (Å²) < 4.78 is 13.0. The highest BCUT2D eigenvalue weighted by atomic mass is 19.1. The number of hydrogen-bond acceptors (Lipinski definition) is 2. The number of halogens is 1. The Bertz CT molecular complexity index is 744. The number of benzene rings is 2. The molecular weight excluding hydrogens is 265 g/mol. The van der Waals surface area contributed by atoms with Crippen molar-refractivity contribution in [3.63, 3.8) is 0 Å². The molecule has 0 fully saturated rings. The van der Waals surface area contributed by atoms with Crippen molar-refractivity contribution < 1.29 is 4.39 Å². The maximum atomic E-state index is 13.0. The van der Waals surface area contributed by atoms with Crippen LogP contribution in [-0.2, 0) is 6.42 Å². The molecule has 0 bridgehead atoms. The molecule has 4 heteroatoms. The summed E-state index contributed by atoms with van der Waals surface area (Å²) in [4.78, 5) is 0. The number of aryl methyl sites for hydroxylation is 1. The molecule has 21 heavy (non-hydrogen) atoms. The van der Waals surface area contributed by atoms with Crippen molar-refractivity contribution in [2.45, 2.75) is 25.8 Å². The number of aromatic amines is 1. The Morgan fingerprint density at radius 3 is 2.67 bits per heavy atom. The third-order valence-corrected chi connectivity index (χ3v) is 3.67. The summed E-state index contributed by atoms with van der Waals surface area (Å²) in [7, 11) is 0. The lowest BCUT2D eigenvalue weighted by molar-refractivity contribution is 0.628. The van der Waals surface area contributed by atoms with Crippen LogP contribution in [0.25, 0.3) is 22.2 Å². The summed E-state index contributed by atoms with van der Waals surface area (Å²) in [6.45, 7) is 2.01. The zero-order valence-corrected chi connectivity index (χ0v) is 11.9. The van der Waals surface area contributed by atoms with Gasteiger partial charge in [0.15, 0.2) is 0 Å². The van der Waals surface area contributed by atoms with Crippen LogP contribution in [-0.4, -0.2) is 16.2 Å². The van der Waals surface area contributed by atoms with E-state index in [9.17, 15) is 4.39 Å². The molecule has 0 spiro atoms. The summed E-state index contributed by atoms with van der Waals surface area (Å²) in [5.41, 5.74) is 9.85. The minimum Gasteiger partial charge on any atom is -0.328 e. The average molecular weight is 283 g/mol. The van der Waals surface area contributed by atoms with Crippen LogP contribution in [0.1, 0.15) is 18.9 Å². The van der Waals surface area contributed by atoms with E-state index in [0.29, 0.717) is 0 Å². The van der Waals surface area contributed by atoms with E-state index >= 15 is 0 Å². The maximum absolute atomic E-state index is 13.0. The van der Waals surface area contributed by atoms with Gasteiger partial charge in [-0.3, -0.25) is 5.10 Å². The lowest BCUT2D eigenvalue weighted by Crippen LogP contribution is -2.15. The van der Waals surface area contributed by atoms with Gasteiger partial charge in [-0.2, -0.15) is 5.10 Å². The third-order valence-electron chi connectivity index (χ3n) is 3.67. The third kappa shape index (κ3) is 2.81. The molecule has 0 aliphatic rings. The topological polar surface area (TPSA) is 54.7 Å². The van der Waals surface area contributed by atoms with E-state index in [-0.39, 0.29) is 11.9 Å². The molecule has 108 valence electrons. The van der Waals surface area contributed by atoms with Gasteiger partial charge in [0.1, 0.15) is 5.82 Å². The monoisotopic (exact) mass is 283 g/mol. The number of fused-ring (bicyclic) bond motifs is 1. The molecule has 1 aromatic heterocycles. The minimum absolute atomic E-state index is 0.180. The van der Waals surface area contributed by atoms with Crippen molar-refractivity contribution in [2.75, 3.05) is 0 Å². The molecule has 2 aromatic carbocycles. The van der Waals surface area contributed by atoms with E-state index in [4.69, 9.17) is 5.73 Å². The number of nitrogens with zero attached hydrogens (tertiary/aromatic N) is 1. The SMILES string of the molecule is CC(N)CCc1cccc2c(-c3ccc(F)cc3)n[nH]c12. The lowest BCUT2D eigenvalue weighted by atomic mass is 10.0. The van der Waals surface area contributed by atoms with Crippen LogP contribution < -0.4 is 5.73 Å². The number of nitrogens with one attached hydrogen (secondary N) is 1. The van der Waals surface area contributed by atoms with E-state index in [1.54, 1.807) is 12.1 Å². The average Bonchev–Trinajstić information content (AvgIpc) is 2.90. The van der Waals surface area contributed by atoms with Crippen molar-refractivity contribution in [1.82, 2.24) is 10.2 Å². The van der Waals surface area contributed by atoms with E-state index < -0.39 is 0 Å². The molecule has 0 amide bonds. The molecule has 3 rings (SSSR count). The zero-order valence-electron chi connectivity index (χ0n) is 11.9. The van der Waals surface area contributed by atoms with Crippen LogP contribution in [0.5, 0.6) is 0 Å². The predicted octanol–water partition coefficient (Wildman–Crippen LogP) is 3.65. The van der Waals surface area contributed by atoms with Crippen LogP contribution in [0.4, 0.5) is 4.39 Å². The zero-order chi connectivity index (χ0) is 14.8. The van der Waals surface area contributed by atoms with Gasteiger partial charge in [-0.15, -0.1) is 0 Å². The van der Waals surface area contributed by atoms with Gasteiger partial charge in [-0.25, -0.2) is 4.39 Å². The number of nitrogens with two attached hydrogens (primary N) is 1. The second kappa shape index (κ2) is 5.66. The van der Waals surface area contributed by atoms with Gasteiger partial charge >= 0.3 is 0 Å². The molecule has 1 heterocycles. The van der Waals surface area contributed by atoms with Gasteiger partial charge < -0.3 is 5.73 Å². The standard InChI is InChI=1S/C17H18FN3/c1-11(19)5-6-12-3-2-4-15-16(12)20-21-17(15)13-7-9-14(18)10-8-13/h2-4,7-11H,5-6,19H2,1H3,(H,20,21). The number of aromatic nitrogens is 2. The molecule has 3 nitrogen and oxygen atoms in total. The largest absolute Gasteiger partial charge is 0.328 e. The van der Waals surface area contributed by atoms with Gasteiger partial charge in [0.05, 0.1) is 11.2 Å². The fourth-order valence-corrected chi connectivity index (χ4v) is 2.52. The Kier molecular flexibility index (Phi) is 3.71. The normalized spacial score (nSPS) is 12.7. The second-order valence-corrected chi connectivity index (χ2v) is 5.43. The molecule has 0 aliphatic carbocycles. The summed E-state index contributed by atoms with van der Waals surface area (Å²) in [6.07, 6.45) is 1.85. The highest BCUT2D eigenvalue weighted by Crippen LogP contribution is 2.28. The molecule has 3 aromatic rings. The van der Waals surface area contributed by atoms with E-state index in [1.165, 1.54) is 17.7 Å². The summed E-state index contributed by atoms with van der Waals surface area (Å²) in [5.74, 6) is -0.240. The first-order chi connectivity index (χ1) is 10.1. The Balaban J connectivity index is 2.02. The smallest absolute Gasteiger partial charge is 0.123 e. The molecule has 1 unspecified atom stereocenters. The summed E-state index contributed by atoms with van der Waals surface area (Å²) >= 11 is 0. The molecule has 1 atom stereocenters.